The molecule has 0 saturated heterocycles. The zero-order chi connectivity index (χ0) is 15.0. The normalized spacial score (nSPS) is 14.5. The Labute approximate surface area is 123 Å². The van der Waals surface area contributed by atoms with Crippen LogP contribution >= 0.6 is 12.2 Å². The van der Waals surface area contributed by atoms with Crippen LogP contribution in [0.5, 0.6) is 0 Å². The summed E-state index contributed by atoms with van der Waals surface area (Å²) in [6, 6.07) is 0.115. The first kappa shape index (κ1) is 18.3. The van der Waals surface area contributed by atoms with E-state index in [9.17, 15) is 4.79 Å². The summed E-state index contributed by atoms with van der Waals surface area (Å²) in [7, 11) is 0. The molecule has 5 heteroatoms. The minimum atomic E-state index is -0.151. The number of rotatable bonds is 9. The van der Waals surface area contributed by atoms with E-state index in [2.05, 4.69) is 24.1 Å². The second-order valence-electron chi connectivity index (χ2n) is 5.09. The molecule has 0 aliphatic heterocycles. The van der Waals surface area contributed by atoms with Crippen LogP contribution in [0.3, 0.4) is 0 Å². The number of nitrogens with one attached hydrogen (secondary N) is 1. The molecule has 3 N–H and O–H groups in total. The van der Waals surface area contributed by atoms with Crippen LogP contribution < -0.4 is 11.1 Å². The van der Waals surface area contributed by atoms with Crippen molar-refractivity contribution in [2.75, 3.05) is 13.1 Å². The van der Waals surface area contributed by atoms with Crippen molar-refractivity contribution in [3.8, 4) is 0 Å². The summed E-state index contributed by atoms with van der Waals surface area (Å²) in [4.78, 5) is 14.8. The van der Waals surface area contributed by atoms with Crippen LogP contribution in [-0.4, -0.2) is 41.0 Å². The van der Waals surface area contributed by atoms with Crippen molar-refractivity contribution in [1.29, 1.82) is 0 Å². The largest absolute Gasteiger partial charge is 0.393 e. The van der Waals surface area contributed by atoms with E-state index in [0.717, 1.165) is 25.9 Å². The highest BCUT2D eigenvalue weighted by Gasteiger charge is 2.23. The Morgan fingerprint density at radius 2 is 1.79 bits per heavy atom. The Bertz CT molecular complexity index is 292. The average Bonchev–Trinajstić information content (AvgIpc) is 2.40. The number of carbonyl (C=O) groups is 1. The van der Waals surface area contributed by atoms with Gasteiger partial charge in [-0.3, -0.25) is 9.69 Å². The van der Waals surface area contributed by atoms with Gasteiger partial charge in [0.2, 0.25) is 5.91 Å². The van der Waals surface area contributed by atoms with E-state index in [1.807, 2.05) is 20.8 Å². The van der Waals surface area contributed by atoms with E-state index in [-0.39, 0.29) is 23.9 Å². The van der Waals surface area contributed by atoms with Gasteiger partial charge in [-0.25, -0.2) is 0 Å². The molecular formula is C14H29N3OS. The van der Waals surface area contributed by atoms with Gasteiger partial charge in [-0.05, 0) is 26.3 Å². The van der Waals surface area contributed by atoms with Crippen molar-refractivity contribution in [2.24, 2.45) is 11.7 Å². The highest BCUT2D eigenvalue weighted by Crippen LogP contribution is 2.07. The molecule has 0 rings (SSSR count). The molecular weight excluding hydrogens is 258 g/mol. The molecule has 2 atom stereocenters. The molecule has 0 heterocycles. The second-order valence-corrected chi connectivity index (χ2v) is 5.56. The number of thiocarbonyl (C=S) groups is 1. The van der Waals surface area contributed by atoms with Crippen molar-refractivity contribution in [2.45, 2.75) is 59.5 Å². The lowest BCUT2D eigenvalue weighted by atomic mass is 10.1. The number of likely N-dealkylation sites (N-methyl/N-ethyl adjacent to an activating group) is 1. The van der Waals surface area contributed by atoms with Gasteiger partial charge in [-0.1, -0.05) is 39.9 Å². The van der Waals surface area contributed by atoms with Crippen molar-refractivity contribution in [3.05, 3.63) is 0 Å². The predicted molar refractivity (Wildman–Crippen MR) is 85.2 cm³/mol. The number of carbonyl (C=O) groups excluding carboxylic acids is 1. The van der Waals surface area contributed by atoms with Gasteiger partial charge in [-0.15, -0.1) is 0 Å². The number of hydrogen-bond donors (Lipinski definition) is 2. The fourth-order valence-corrected chi connectivity index (χ4v) is 2.06. The predicted octanol–water partition coefficient (Wildman–Crippen LogP) is 1.92. The van der Waals surface area contributed by atoms with E-state index in [0.29, 0.717) is 4.99 Å². The molecule has 0 saturated carbocycles. The maximum Gasteiger partial charge on any atom is 0.237 e. The summed E-state index contributed by atoms with van der Waals surface area (Å²) in [5.41, 5.74) is 5.64. The number of nitrogens with zero attached hydrogens (tertiary/aromatic N) is 1. The SMILES string of the molecule is CCC(CC)NC(=O)C(C)N(CC)CC(C)C(N)=S. The molecule has 0 fully saturated rings. The average molecular weight is 287 g/mol. The zero-order valence-corrected chi connectivity index (χ0v) is 13.7. The first-order chi connectivity index (χ1) is 8.87. The highest BCUT2D eigenvalue weighted by molar-refractivity contribution is 7.80. The van der Waals surface area contributed by atoms with Gasteiger partial charge < -0.3 is 11.1 Å². The van der Waals surface area contributed by atoms with E-state index in [1.165, 1.54) is 0 Å². The number of hydrogen-bond acceptors (Lipinski definition) is 3. The summed E-state index contributed by atoms with van der Waals surface area (Å²) in [6.45, 7) is 11.7. The topological polar surface area (TPSA) is 58.4 Å². The van der Waals surface area contributed by atoms with Gasteiger partial charge in [-0.2, -0.15) is 0 Å². The van der Waals surface area contributed by atoms with Crippen LogP contribution in [0.4, 0.5) is 0 Å². The van der Waals surface area contributed by atoms with Gasteiger partial charge in [0.05, 0.1) is 11.0 Å². The molecule has 0 aliphatic carbocycles. The summed E-state index contributed by atoms with van der Waals surface area (Å²) < 4.78 is 0. The first-order valence-corrected chi connectivity index (χ1v) is 7.61. The summed E-state index contributed by atoms with van der Waals surface area (Å²) in [5, 5.41) is 3.09. The Morgan fingerprint density at radius 3 is 2.16 bits per heavy atom. The van der Waals surface area contributed by atoms with Gasteiger partial charge in [0.25, 0.3) is 0 Å². The molecule has 19 heavy (non-hydrogen) atoms. The maximum atomic E-state index is 12.2. The van der Waals surface area contributed by atoms with Crippen molar-refractivity contribution < 1.29 is 4.79 Å². The lowest BCUT2D eigenvalue weighted by Gasteiger charge is -2.30. The lowest BCUT2D eigenvalue weighted by molar-refractivity contribution is -0.126. The minimum absolute atomic E-state index is 0.0886. The Kier molecular flexibility index (Phi) is 8.93. The smallest absolute Gasteiger partial charge is 0.237 e. The van der Waals surface area contributed by atoms with Crippen LogP contribution in [0.2, 0.25) is 0 Å². The van der Waals surface area contributed by atoms with E-state index < -0.39 is 0 Å². The quantitative estimate of drug-likeness (QED) is 0.636. The van der Waals surface area contributed by atoms with Crippen molar-refractivity contribution in [1.82, 2.24) is 10.2 Å². The maximum absolute atomic E-state index is 12.2. The zero-order valence-electron chi connectivity index (χ0n) is 12.9. The molecule has 4 nitrogen and oxygen atoms in total. The molecule has 0 radical (unpaired) electrons. The number of nitrogens with two attached hydrogens (primary N) is 1. The monoisotopic (exact) mass is 287 g/mol. The highest BCUT2D eigenvalue weighted by atomic mass is 32.1. The van der Waals surface area contributed by atoms with Crippen LogP contribution in [0.15, 0.2) is 0 Å². The molecule has 0 aromatic rings. The summed E-state index contributed by atoms with van der Waals surface area (Å²) in [5.74, 6) is 0.212. The van der Waals surface area contributed by atoms with Crippen molar-refractivity contribution in [3.63, 3.8) is 0 Å². The Balaban J connectivity index is 4.52. The second kappa shape index (κ2) is 9.26. The van der Waals surface area contributed by atoms with Gasteiger partial charge >= 0.3 is 0 Å². The molecule has 0 bridgehead atoms. The third-order valence-corrected chi connectivity index (χ3v) is 4.06. The Morgan fingerprint density at radius 1 is 1.26 bits per heavy atom. The summed E-state index contributed by atoms with van der Waals surface area (Å²) in [6.07, 6.45) is 1.93. The van der Waals surface area contributed by atoms with Gasteiger partial charge in [0.15, 0.2) is 0 Å². The summed E-state index contributed by atoms with van der Waals surface area (Å²) >= 11 is 4.99. The van der Waals surface area contributed by atoms with Gasteiger partial charge in [0.1, 0.15) is 0 Å². The van der Waals surface area contributed by atoms with Crippen LogP contribution in [0.1, 0.15) is 47.5 Å². The molecule has 0 aliphatic rings. The standard InChI is InChI=1S/C14H29N3OS/c1-6-12(7-2)16-14(18)11(5)17(8-3)9-10(4)13(15)19/h10-12H,6-9H2,1-5H3,(H2,15,19)(H,16,18). The van der Waals surface area contributed by atoms with Crippen LogP contribution in [0, 0.1) is 5.92 Å². The molecule has 0 spiro atoms. The minimum Gasteiger partial charge on any atom is -0.393 e. The number of amides is 1. The van der Waals surface area contributed by atoms with E-state index in [4.69, 9.17) is 18.0 Å². The van der Waals surface area contributed by atoms with E-state index in [1.54, 1.807) is 0 Å². The van der Waals surface area contributed by atoms with Gasteiger partial charge in [0, 0.05) is 18.5 Å². The molecule has 0 aromatic heterocycles. The molecule has 0 aromatic carbocycles. The molecule has 1 amide bonds. The van der Waals surface area contributed by atoms with Crippen LogP contribution in [0.25, 0.3) is 0 Å². The van der Waals surface area contributed by atoms with Crippen molar-refractivity contribution >= 4 is 23.1 Å². The fourth-order valence-electron chi connectivity index (χ4n) is 1.98. The Hall–Kier alpha value is -0.680. The third kappa shape index (κ3) is 6.34. The molecule has 2 unspecified atom stereocenters. The molecule has 112 valence electrons. The first-order valence-electron chi connectivity index (χ1n) is 7.20. The van der Waals surface area contributed by atoms with E-state index >= 15 is 0 Å². The third-order valence-electron chi connectivity index (χ3n) is 3.66. The lowest BCUT2D eigenvalue weighted by Crippen LogP contribution is -2.49. The fraction of sp³-hybridized carbons (Fsp3) is 0.857. The van der Waals surface area contributed by atoms with Crippen LogP contribution in [-0.2, 0) is 4.79 Å².